The lowest BCUT2D eigenvalue weighted by Gasteiger charge is -2.35. The van der Waals surface area contributed by atoms with E-state index in [4.69, 9.17) is 9.47 Å². The summed E-state index contributed by atoms with van der Waals surface area (Å²) in [4.78, 5) is 61.3. The highest BCUT2D eigenvalue weighted by Crippen LogP contribution is 2.30. The molecule has 36 heavy (non-hydrogen) atoms. The highest BCUT2D eigenvalue weighted by Gasteiger charge is 2.39. The van der Waals surface area contributed by atoms with Crippen molar-refractivity contribution in [2.45, 2.75) is 50.7 Å². The van der Waals surface area contributed by atoms with Crippen molar-refractivity contribution in [1.29, 1.82) is 0 Å². The van der Waals surface area contributed by atoms with Crippen LogP contribution in [0.15, 0.2) is 30.6 Å². The number of rotatable bonds is 6. The third-order valence-corrected chi connectivity index (χ3v) is 6.87. The first-order valence-corrected chi connectivity index (χ1v) is 12.0. The van der Waals surface area contributed by atoms with Gasteiger partial charge in [0.15, 0.2) is 5.69 Å². The predicted molar refractivity (Wildman–Crippen MR) is 125 cm³/mol. The molecule has 1 aromatic heterocycles. The molecule has 0 saturated carbocycles. The monoisotopic (exact) mass is 493 g/mol. The standard InChI is InChI=1S/C25H27N5O6/c1-35-22-12-26-11-19(27-22)25(34)29-9-3-2-4-16(29)14-36-17-5-6-18-15(10-17)13-30(24(18)33)20-7-8-21(31)28-23(20)32/h5-6,10-12,16,20H,2-4,7-9,13-14H2,1H3,(H,28,31,32)/t16-,20?/m1/s1. The van der Waals surface area contributed by atoms with Crippen molar-refractivity contribution in [3.05, 3.63) is 47.4 Å². The first-order chi connectivity index (χ1) is 17.4. The minimum absolute atomic E-state index is 0.130. The van der Waals surface area contributed by atoms with Gasteiger partial charge in [0.2, 0.25) is 17.7 Å². The maximum absolute atomic E-state index is 13.1. The number of imide groups is 1. The Labute approximate surface area is 207 Å². The van der Waals surface area contributed by atoms with E-state index in [1.807, 2.05) is 6.07 Å². The number of fused-ring (bicyclic) bond motifs is 1. The van der Waals surface area contributed by atoms with Crippen LogP contribution in [0.25, 0.3) is 0 Å². The van der Waals surface area contributed by atoms with Crippen molar-refractivity contribution in [2.75, 3.05) is 20.3 Å². The van der Waals surface area contributed by atoms with Gasteiger partial charge in [-0.15, -0.1) is 0 Å². The van der Waals surface area contributed by atoms with Gasteiger partial charge in [-0.2, -0.15) is 0 Å². The minimum atomic E-state index is -0.659. The summed E-state index contributed by atoms with van der Waals surface area (Å²) in [6, 6.07) is 4.45. The molecule has 2 saturated heterocycles. The number of carbonyl (C=O) groups is 4. The summed E-state index contributed by atoms with van der Waals surface area (Å²) < 4.78 is 11.2. The Morgan fingerprint density at radius 2 is 2.03 bits per heavy atom. The van der Waals surface area contributed by atoms with E-state index < -0.39 is 11.9 Å². The number of nitrogens with zero attached hydrogens (tertiary/aromatic N) is 4. The first kappa shape index (κ1) is 23.7. The number of hydrogen-bond donors (Lipinski definition) is 1. The van der Waals surface area contributed by atoms with Crippen LogP contribution in [0.5, 0.6) is 11.6 Å². The van der Waals surface area contributed by atoms with Crippen molar-refractivity contribution < 1.29 is 28.7 Å². The Morgan fingerprint density at radius 3 is 2.83 bits per heavy atom. The number of hydrogen-bond acceptors (Lipinski definition) is 8. The maximum Gasteiger partial charge on any atom is 0.274 e. The Morgan fingerprint density at radius 1 is 1.17 bits per heavy atom. The van der Waals surface area contributed by atoms with Crippen LogP contribution in [0, 0.1) is 0 Å². The fraction of sp³-hybridized carbons (Fsp3) is 0.440. The molecule has 11 heteroatoms. The van der Waals surface area contributed by atoms with E-state index in [1.54, 1.807) is 17.0 Å². The van der Waals surface area contributed by atoms with Crippen LogP contribution in [0.4, 0.5) is 0 Å². The molecule has 0 aliphatic carbocycles. The predicted octanol–water partition coefficient (Wildman–Crippen LogP) is 1.32. The Balaban J connectivity index is 1.25. The number of aromatic nitrogens is 2. The molecule has 1 aromatic carbocycles. The number of likely N-dealkylation sites (tertiary alicyclic amines) is 1. The molecule has 0 spiro atoms. The first-order valence-electron chi connectivity index (χ1n) is 12.0. The van der Waals surface area contributed by atoms with Gasteiger partial charge in [0.1, 0.15) is 18.4 Å². The van der Waals surface area contributed by atoms with Crippen LogP contribution in [0.2, 0.25) is 0 Å². The van der Waals surface area contributed by atoms with Gasteiger partial charge < -0.3 is 19.3 Å². The quantitative estimate of drug-likeness (QED) is 0.596. The number of amides is 4. The van der Waals surface area contributed by atoms with Gasteiger partial charge in [-0.25, -0.2) is 4.98 Å². The minimum Gasteiger partial charge on any atom is -0.491 e. The van der Waals surface area contributed by atoms with Crippen molar-refractivity contribution in [3.63, 3.8) is 0 Å². The van der Waals surface area contributed by atoms with Gasteiger partial charge in [-0.05, 0) is 49.4 Å². The third kappa shape index (κ3) is 4.60. The van der Waals surface area contributed by atoms with E-state index in [0.717, 1.165) is 24.8 Å². The number of nitrogens with one attached hydrogen (secondary N) is 1. The summed E-state index contributed by atoms with van der Waals surface area (Å²) in [6.07, 6.45) is 6.10. The molecule has 0 radical (unpaired) electrons. The summed E-state index contributed by atoms with van der Waals surface area (Å²) in [5, 5.41) is 2.31. The second-order valence-electron chi connectivity index (χ2n) is 9.12. The highest BCUT2D eigenvalue weighted by molar-refractivity contribution is 6.05. The molecule has 2 atom stereocenters. The fourth-order valence-corrected chi connectivity index (χ4v) is 4.97. The van der Waals surface area contributed by atoms with Gasteiger partial charge >= 0.3 is 0 Å². The normalized spacial score (nSPS) is 21.8. The zero-order valence-electron chi connectivity index (χ0n) is 19.9. The molecular formula is C25H27N5O6. The van der Waals surface area contributed by atoms with Gasteiger partial charge in [0.05, 0.1) is 25.5 Å². The third-order valence-electron chi connectivity index (χ3n) is 6.87. The smallest absolute Gasteiger partial charge is 0.274 e. The molecule has 2 fully saturated rings. The fourth-order valence-electron chi connectivity index (χ4n) is 4.97. The van der Waals surface area contributed by atoms with E-state index in [9.17, 15) is 19.2 Å². The van der Waals surface area contributed by atoms with Gasteiger partial charge in [0, 0.05) is 25.1 Å². The molecule has 4 heterocycles. The average molecular weight is 494 g/mol. The molecule has 5 rings (SSSR count). The van der Waals surface area contributed by atoms with Gasteiger partial charge in [0.25, 0.3) is 11.8 Å². The number of methoxy groups -OCH3 is 1. The molecule has 0 bridgehead atoms. The summed E-state index contributed by atoms with van der Waals surface area (Å²) in [5.41, 5.74) is 1.52. The molecule has 1 N–H and O–H groups in total. The average Bonchev–Trinajstić information content (AvgIpc) is 3.22. The number of benzene rings is 1. The number of carbonyl (C=O) groups excluding carboxylic acids is 4. The lowest BCUT2D eigenvalue weighted by Crippen LogP contribution is -2.52. The Kier molecular flexibility index (Phi) is 6.53. The molecule has 1 unspecified atom stereocenters. The second-order valence-corrected chi connectivity index (χ2v) is 9.12. The van der Waals surface area contributed by atoms with Crippen LogP contribution in [0.1, 0.15) is 58.5 Å². The molecule has 3 aliphatic heterocycles. The zero-order chi connectivity index (χ0) is 25.2. The molecule has 4 amide bonds. The summed E-state index contributed by atoms with van der Waals surface area (Å²) >= 11 is 0. The van der Waals surface area contributed by atoms with Crippen LogP contribution in [0.3, 0.4) is 0 Å². The van der Waals surface area contributed by atoms with E-state index in [2.05, 4.69) is 15.3 Å². The summed E-state index contributed by atoms with van der Waals surface area (Å²) in [6.45, 7) is 1.18. The highest BCUT2D eigenvalue weighted by atomic mass is 16.5. The van der Waals surface area contributed by atoms with E-state index in [0.29, 0.717) is 30.9 Å². The van der Waals surface area contributed by atoms with Crippen LogP contribution < -0.4 is 14.8 Å². The molecule has 11 nitrogen and oxygen atoms in total. The molecule has 2 aromatic rings. The largest absolute Gasteiger partial charge is 0.491 e. The van der Waals surface area contributed by atoms with E-state index in [-0.39, 0.29) is 48.3 Å². The number of ether oxygens (including phenoxy) is 2. The van der Waals surface area contributed by atoms with E-state index in [1.165, 1.54) is 24.4 Å². The van der Waals surface area contributed by atoms with Crippen LogP contribution in [-0.2, 0) is 16.1 Å². The van der Waals surface area contributed by atoms with Crippen molar-refractivity contribution >= 4 is 23.6 Å². The Hall–Kier alpha value is -4.02. The van der Waals surface area contributed by atoms with Crippen LogP contribution in [-0.4, -0.2) is 75.7 Å². The second kappa shape index (κ2) is 9.92. The summed E-state index contributed by atoms with van der Waals surface area (Å²) in [5.74, 6) is -0.324. The maximum atomic E-state index is 13.1. The lowest BCUT2D eigenvalue weighted by molar-refractivity contribution is -0.136. The van der Waals surface area contributed by atoms with E-state index >= 15 is 0 Å². The van der Waals surface area contributed by atoms with Crippen molar-refractivity contribution in [2.24, 2.45) is 0 Å². The van der Waals surface area contributed by atoms with Crippen molar-refractivity contribution in [3.8, 4) is 11.6 Å². The van der Waals surface area contributed by atoms with Gasteiger partial charge in [-0.3, -0.25) is 29.5 Å². The van der Waals surface area contributed by atoms with Crippen LogP contribution >= 0.6 is 0 Å². The lowest BCUT2D eigenvalue weighted by atomic mass is 10.0. The van der Waals surface area contributed by atoms with Crippen molar-refractivity contribution in [1.82, 2.24) is 25.1 Å². The summed E-state index contributed by atoms with van der Waals surface area (Å²) in [7, 11) is 1.48. The SMILES string of the molecule is COc1cncc(C(=O)N2CCCC[C@@H]2COc2ccc3c(c2)CN(C2CCC(=O)NC2=O)C3=O)n1. The Bertz CT molecular complexity index is 1220. The van der Waals surface area contributed by atoms with Gasteiger partial charge in [-0.1, -0.05) is 0 Å². The molecule has 188 valence electrons. The number of piperidine rings is 2. The molecule has 3 aliphatic rings. The zero-order valence-corrected chi connectivity index (χ0v) is 19.9. The topological polar surface area (TPSA) is 131 Å². The molecular weight excluding hydrogens is 466 g/mol.